The molecule has 8 nitrogen and oxygen atoms in total. The summed E-state index contributed by atoms with van der Waals surface area (Å²) in [5.74, 6) is 7.91. The molecule has 0 amide bonds. The van der Waals surface area contributed by atoms with Crippen molar-refractivity contribution < 1.29 is 4.74 Å². The van der Waals surface area contributed by atoms with Crippen molar-refractivity contribution in [3.05, 3.63) is 56.5 Å². The van der Waals surface area contributed by atoms with Crippen LogP contribution in [0.1, 0.15) is 11.4 Å². The van der Waals surface area contributed by atoms with Gasteiger partial charge in [0.1, 0.15) is 11.6 Å². The lowest BCUT2D eigenvalue weighted by Gasteiger charge is -2.25. The summed E-state index contributed by atoms with van der Waals surface area (Å²) in [7, 11) is 4.77. The Balaban J connectivity index is 1.58. The van der Waals surface area contributed by atoms with Gasteiger partial charge in [-0.1, -0.05) is 17.9 Å². The van der Waals surface area contributed by atoms with Crippen LogP contribution >= 0.6 is 0 Å². The van der Waals surface area contributed by atoms with Crippen LogP contribution in [0.15, 0.2) is 33.9 Å². The average molecular weight is 379 g/mol. The third kappa shape index (κ3) is 3.00. The van der Waals surface area contributed by atoms with Crippen LogP contribution in [0.3, 0.4) is 0 Å². The lowest BCUT2D eigenvalue weighted by Crippen LogP contribution is -2.38. The van der Waals surface area contributed by atoms with Gasteiger partial charge in [0.15, 0.2) is 11.2 Å². The van der Waals surface area contributed by atoms with Crippen LogP contribution in [0.5, 0.6) is 5.75 Å². The lowest BCUT2D eigenvalue weighted by atomic mass is 10.2. The molecule has 1 aliphatic rings. The molecule has 3 heterocycles. The number of benzene rings is 1. The zero-order chi connectivity index (χ0) is 19.8. The van der Waals surface area contributed by atoms with Crippen molar-refractivity contribution in [3.63, 3.8) is 0 Å². The molecule has 144 valence electrons. The number of aryl methyl sites for hydroxylation is 1. The molecule has 0 spiro atoms. The quantitative estimate of drug-likeness (QED) is 0.599. The zero-order valence-corrected chi connectivity index (χ0v) is 16.1. The predicted molar refractivity (Wildman–Crippen MR) is 105 cm³/mol. The summed E-state index contributed by atoms with van der Waals surface area (Å²) in [6.45, 7) is 2.58. The molecule has 4 rings (SSSR count). The molecule has 0 aliphatic carbocycles. The fourth-order valence-electron chi connectivity index (χ4n) is 3.46. The third-order valence-electron chi connectivity index (χ3n) is 5.04. The second-order valence-electron chi connectivity index (χ2n) is 6.80. The molecule has 0 atom stereocenters. The van der Waals surface area contributed by atoms with Crippen LogP contribution in [0.2, 0.25) is 0 Å². The van der Waals surface area contributed by atoms with Crippen molar-refractivity contribution >= 4 is 11.2 Å². The number of ether oxygens (including phenoxy) is 1. The molecule has 3 aromatic rings. The van der Waals surface area contributed by atoms with Gasteiger partial charge in [-0.15, -0.1) is 0 Å². The minimum absolute atomic E-state index is 0.303. The number of aromatic nitrogens is 4. The first-order chi connectivity index (χ1) is 13.5. The molecule has 0 saturated carbocycles. The number of fused-ring (bicyclic) bond motifs is 3. The van der Waals surface area contributed by atoms with Gasteiger partial charge in [0, 0.05) is 32.7 Å². The summed E-state index contributed by atoms with van der Waals surface area (Å²) in [5.41, 5.74) is 1.16. The van der Waals surface area contributed by atoms with Gasteiger partial charge >= 0.3 is 5.69 Å². The number of hydrogen-bond donors (Lipinski definition) is 0. The first-order valence-electron chi connectivity index (χ1n) is 9.00. The fraction of sp³-hybridized carbons (Fsp3) is 0.350. The molecule has 0 N–H and O–H groups in total. The molecule has 2 aromatic heterocycles. The Morgan fingerprint density at radius 3 is 2.79 bits per heavy atom. The predicted octanol–water partition coefficient (Wildman–Crippen LogP) is 0.310. The largest absolute Gasteiger partial charge is 0.497 e. The van der Waals surface area contributed by atoms with Gasteiger partial charge in [0.25, 0.3) is 5.56 Å². The Morgan fingerprint density at radius 2 is 2.00 bits per heavy atom. The van der Waals surface area contributed by atoms with Crippen LogP contribution in [0.25, 0.3) is 11.2 Å². The van der Waals surface area contributed by atoms with Crippen molar-refractivity contribution in [3.8, 4) is 17.6 Å². The number of nitrogens with zero attached hydrogens (tertiary/aromatic N) is 5. The van der Waals surface area contributed by atoms with Gasteiger partial charge < -0.3 is 9.30 Å². The fourth-order valence-corrected chi connectivity index (χ4v) is 3.46. The monoisotopic (exact) mass is 379 g/mol. The van der Waals surface area contributed by atoms with E-state index in [1.807, 2.05) is 28.8 Å². The second-order valence-corrected chi connectivity index (χ2v) is 6.80. The Bertz CT molecular complexity index is 1240. The van der Waals surface area contributed by atoms with Crippen molar-refractivity contribution in [2.24, 2.45) is 14.1 Å². The van der Waals surface area contributed by atoms with Crippen LogP contribution in [0, 0.1) is 11.8 Å². The van der Waals surface area contributed by atoms with E-state index in [4.69, 9.17) is 4.74 Å². The SMILES string of the molecule is COc1cccc(C#CCN2CCn3c(nc4c3c(=O)n(C)c(=O)n4C)C2)c1. The van der Waals surface area contributed by atoms with Crippen LogP contribution < -0.4 is 16.0 Å². The van der Waals surface area contributed by atoms with Gasteiger partial charge in [-0.25, -0.2) is 9.78 Å². The Labute approximate surface area is 161 Å². The smallest absolute Gasteiger partial charge is 0.332 e. The molecule has 1 aromatic carbocycles. The van der Waals surface area contributed by atoms with E-state index in [1.54, 1.807) is 14.2 Å². The van der Waals surface area contributed by atoms with E-state index in [-0.39, 0.29) is 11.2 Å². The van der Waals surface area contributed by atoms with Crippen LogP contribution in [0.4, 0.5) is 0 Å². The normalized spacial score (nSPS) is 13.8. The van der Waals surface area contributed by atoms with E-state index in [2.05, 4.69) is 21.7 Å². The van der Waals surface area contributed by atoms with Gasteiger partial charge in [-0.05, 0) is 18.2 Å². The lowest BCUT2D eigenvalue weighted by molar-refractivity contribution is 0.245. The Morgan fingerprint density at radius 1 is 1.18 bits per heavy atom. The molecular formula is C20H21N5O3. The van der Waals surface area contributed by atoms with Gasteiger partial charge in [-0.3, -0.25) is 18.8 Å². The average Bonchev–Trinajstić information content (AvgIpc) is 3.10. The summed E-state index contributed by atoms with van der Waals surface area (Å²) in [6, 6.07) is 7.65. The Kier molecular flexibility index (Phi) is 4.53. The summed E-state index contributed by atoms with van der Waals surface area (Å²) >= 11 is 0. The van der Waals surface area contributed by atoms with E-state index in [1.165, 1.54) is 11.6 Å². The van der Waals surface area contributed by atoms with Crippen LogP contribution in [-0.4, -0.2) is 43.8 Å². The van der Waals surface area contributed by atoms with Gasteiger partial charge in [0.05, 0.1) is 20.2 Å². The number of imidazole rings is 1. The van der Waals surface area contributed by atoms with E-state index in [9.17, 15) is 9.59 Å². The summed E-state index contributed by atoms with van der Waals surface area (Å²) < 4.78 is 9.69. The molecule has 0 saturated heterocycles. The molecule has 1 aliphatic heterocycles. The standard InChI is InChI=1S/C20H21N5O3/c1-22-18-17(19(26)23(2)20(22)27)25-11-10-24(13-16(25)21-18)9-5-7-14-6-4-8-15(12-14)28-3/h4,6,8,12H,9-11,13H2,1-3H3. The van der Waals surface area contributed by atoms with Crippen molar-refractivity contribution in [2.75, 3.05) is 20.2 Å². The Hall–Kier alpha value is -3.31. The maximum Gasteiger partial charge on any atom is 0.332 e. The highest BCUT2D eigenvalue weighted by Gasteiger charge is 2.23. The first kappa shape index (κ1) is 18.1. The highest BCUT2D eigenvalue weighted by Crippen LogP contribution is 2.17. The minimum Gasteiger partial charge on any atom is -0.497 e. The highest BCUT2D eigenvalue weighted by atomic mass is 16.5. The second kappa shape index (κ2) is 7.02. The summed E-state index contributed by atoms with van der Waals surface area (Å²) in [4.78, 5) is 31.4. The summed E-state index contributed by atoms with van der Waals surface area (Å²) in [5, 5.41) is 0. The molecule has 0 fully saturated rings. The topological polar surface area (TPSA) is 74.3 Å². The van der Waals surface area contributed by atoms with Crippen molar-refractivity contribution in [1.82, 2.24) is 23.6 Å². The molecule has 8 heteroatoms. The molecular weight excluding hydrogens is 358 g/mol. The molecule has 0 bridgehead atoms. The van der Waals surface area contributed by atoms with E-state index in [0.29, 0.717) is 30.8 Å². The van der Waals surface area contributed by atoms with Crippen molar-refractivity contribution in [1.29, 1.82) is 0 Å². The minimum atomic E-state index is -0.367. The molecule has 28 heavy (non-hydrogen) atoms. The van der Waals surface area contributed by atoms with Crippen LogP contribution in [-0.2, 0) is 27.2 Å². The third-order valence-corrected chi connectivity index (χ3v) is 5.04. The number of hydrogen-bond acceptors (Lipinski definition) is 5. The molecule has 0 unspecified atom stereocenters. The van der Waals surface area contributed by atoms with E-state index in [0.717, 1.165) is 28.2 Å². The maximum absolute atomic E-state index is 12.5. The van der Waals surface area contributed by atoms with Crippen molar-refractivity contribution in [2.45, 2.75) is 13.1 Å². The van der Waals surface area contributed by atoms with Gasteiger partial charge in [-0.2, -0.15) is 0 Å². The first-order valence-corrected chi connectivity index (χ1v) is 9.00. The summed E-state index contributed by atoms with van der Waals surface area (Å²) in [6.07, 6.45) is 0. The van der Waals surface area contributed by atoms with E-state index < -0.39 is 0 Å². The zero-order valence-electron chi connectivity index (χ0n) is 16.1. The van der Waals surface area contributed by atoms with E-state index >= 15 is 0 Å². The number of methoxy groups -OCH3 is 1. The maximum atomic E-state index is 12.5. The highest BCUT2D eigenvalue weighted by molar-refractivity contribution is 5.71. The van der Waals surface area contributed by atoms with Gasteiger partial charge in [0.2, 0.25) is 0 Å². The number of rotatable bonds is 2. The molecule has 0 radical (unpaired) electrons.